The van der Waals surface area contributed by atoms with Crippen molar-refractivity contribution in [2.24, 2.45) is 0 Å². The van der Waals surface area contributed by atoms with E-state index >= 15 is 0 Å². The number of aryl methyl sites for hydroxylation is 2. The molecule has 34 heavy (non-hydrogen) atoms. The number of nitrogens with zero attached hydrogens (tertiary/aromatic N) is 1. The van der Waals surface area contributed by atoms with Gasteiger partial charge in [0, 0.05) is 31.2 Å². The van der Waals surface area contributed by atoms with Gasteiger partial charge in [-0.1, -0.05) is 36.8 Å². The molecule has 2 N–H and O–H groups in total. The molecule has 1 aliphatic heterocycles. The van der Waals surface area contributed by atoms with E-state index in [0.29, 0.717) is 23.6 Å². The summed E-state index contributed by atoms with van der Waals surface area (Å²) in [6, 6.07) is 12.5. The number of rotatable bonds is 8. The lowest BCUT2D eigenvalue weighted by Gasteiger charge is -2.35. The minimum atomic E-state index is -3.65. The van der Waals surface area contributed by atoms with Crippen LogP contribution < -0.4 is 15.4 Å². The Kier molecular flexibility index (Phi) is 8.68. The van der Waals surface area contributed by atoms with Crippen LogP contribution in [0.3, 0.4) is 0 Å². The van der Waals surface area contributed by atoms with Crippen molar-refractivity contribution in [1.82, 2.24) is 14.9 Å². The van der Waals surface area contributed by atoms with E-state index in [1.165, 1.54) is 0 Å². The lowest BCUT2D eigenvalue weighted by molar-refractivity contribution is -0.139. The summed E-state index contributed by atoms with van der Waals surface area (Å²) in [6.07, 6.45) is 2.89. The molecule has 0 spiro atoms. The molecule has 1 heterocycles. The second kappa shape index (κ2) is 11.5. The number of hydrogen-bond acceptors (Lipinski definition) is 5. The summed E-state index contributed by atoms with van der Waals surface area (Å²) in [6.45, 7) is 4.51. The molecule has 0 radical (unpaired) electrons. The average molecular weight is 488 g/mol. The minimum Gasteiger partial charge on any atom is -0.496 e. The molecule has 2 amide bonds. The predicted octanol–water partition coefficient (Wildman–Crippen LogP) is 2.68. The summed E-state index contributed by atoms with van der Waals surface area (Å²) in [5.41, 5.74) is 2.37. The van der Waals surface area contributed by atoms with Crippen LogP contribution in [0.1, 0.15) is 42.4 Å². The Labute approximate surface area is 201 Å². The van der Waals surface area contributed by atoms with E-state index < -0.39 is 21.8 Å². The van der Waals surface area contributed by atoms with Crippen molar-refractivity contribution in [3.05, 3.63) is 59.2 Å². The first-order valence-electron chi connectivity index (χ1n) is 11.5. The third kappa shape index (κ3) is 6.15. The normalized spacial score (nSPS) is 16.6. The fourth-order valence-electron chi connectivity index (χ4n) is 4.23. The van der Waals surface area contributed by atoms with Crippen LogP contribution in [0.15, 0.2) is 47.4 Å². The molecule has 0 aliphatic carbocycles. The zero-order chi connectivity index (χ0) is 24.7. The monoisotopic (exact) mass is 487 g/mol. The highest BCUT2D eigenvalue weighted by Gasteiger charge is 2.34. The number of amides is 2. The van der Waals surface area contributed by atoms with Gasteiger partial charge in [0.25, 0.3) is 0 Å². The number of piperidine rings is 1. The van der Waals surface area contributed by atoms with E-state index in [0.717, 1.165) is 36.0 Å². The Morgan fingerprint density at radius 1 is 1.06 bits per heavy atom. The van der Waals surface area contributed by atoms with Crippen molar-refractivity contribution < 1.29 is 22.7 Å². The van der Waals surface area contributed by atoms with E-state index in [-0.39, 0.29) is 19.1 Å². The molecule has 0 saturated carbocycles. The quantitative estimate of drug-likeness (QED) is 0.557. The van der Waals surface area contributed by atoms with Gasteiger partial charge in [-0.3, -0.25) is 9.59 Å². The van der Waals surface area contributed by atoms with Crippen LogP contribution in [0.5, 0.6) is 5.75 Å². The Balaban J connectivity index is 1.56. The number of para-hydroxylation sites is 1. The van der Waals surface area contributed by atoms with Crippen molar-refractivity contribution in [3.63, 3.8) is 0 Å². The van der Waals surface area contributed by atoms with Crippen LogP contribution in [0, 0.1) is 13.8 Å². The number of ether oxygens (including phenoxy) is 1. The maximum absolute atomic E-state index is 13.4. The maximum Gasteiger partial charge on any atom is 0.309 e. The van der Waals surface area contributed by atoms with Crippen molar-refractivity contribution in [1.29, 1.82) is 0 Å². The molecule has 2 aromatic carbocycles. The number of sulfonamides is 1. The van der Waals surface area contributed by atoms with Gasteiger partial charge in [-0.15, -0.1) is 0 Å². The van der Waals surface area contributed by atoms with Gasteiger partial charge in [-0.05, 0) is 56.4 Å². The Morgan fingerprint density at radius 2 is 1.79 bits per heavy atom. The van der Waals surface area contributed by atoms with Crippen LogP contribution in [-0.2, 0) is 26.2 Å². The van der Waals surface area contributed by atoms with Gasteiger partial charge in [0.05, 0.1) is 12.0 Å². The summed E-state index contributed by atoms with van der Waals surface area (Å²) in [5, 5.41) is 5.21. The average Bonchev–Trinajstić information content (AvgIpc) is 2.84. The molecule has 1 fully saturated rings. The zero-order valence-electron chi connectivity index (χ0n) is 20.0. The van der Waals surface area contributed by atoms with Gasteiger partial charge in [-0.2, -0.15) is 4.31 Å². The number of hydrogen-bond donors (Lipinski definition) is 2. The fourth-order valence-corrected chi connectivity index (χ4v) is 6.26. The number of carbonyl (C=O) groups is 2. The largest absolute Gasteiger partial charge is 0.496 e. The van der Waals surface area contributed by atoms with E-state index in [1.807, 2.05) is 37.3 Å². The highest BCUT2D eigenvalue weighted by atomic mass is 32.2. The van der Waals surface area contributed by atoms with Crippen LogP contribution in [0.25, 0.3) is 0 Å². The number of benzene rings is 2. The number of nitrogens with one attached hydrogen (secondary N) is 2. The summed E-state index contributed by atoms with van der Waals surface area (Å²) >= 11 is 0. The third-order valence-corrected chi connectivity index (χ3v) is 8.20. The lowest BCUT2D eigenvalue weighted by Crippen LogP contribution is -2.46. The van der Waals surface area contributed by atoms with Gasteiger partial charge < -0.3 is 15.4 Å². The van der Waals surface area contributed by atoms with Gasteiger partial charge in [0.15, 0.2) is 0 Å². The van der Waals surface area contributed by atoms with E-state index in [4.69, 9.17) is 4.74 Å². The smallest absolute Gasteiger partial charge is 0.309 e. The second-order valence-electron chi connectivity index (χ2n) is 8.57. The molecule has 1 aliphatic rings. The lowest BCUT2D eigenvalue weighted by atomic mass is 10.0. The van der Waals surface area contributed by atoms with Crippen LogP contribution in [-0.4, -0.2) is 50.8 Å². The summed E-state index contributed by atoms with van der Waals surface area (Å²) in [4.78, 5) is 24.8. The predicted molar refractivity (Wildman–Crippen MR) is 130 cm³/mol. The van der Waals surface area contributed by atoms with Crippen molar-refractivity contribution in [2.75, 3.05) is 20.2 Å². The third-order valence-electron chi connectivity index (χ3n) is 6.10. The summed E-state index contributed by atoms with van der Waals surface area (Å²) in [7, 11) is -2.10. The fraction of sp³-hybridized carbons (Fsp3) is 0.440. The molecule has 8 nitrogen and oxygen atoms in total. The molecule has 3 rings (SSSR count). The highest BCUT2D eigenvalue weighted by molar-refractivity contribution is 7.89. The van der Waals surface area contributed by atoms with Gasteiger partial charge in [0.2, 0.25) is 10.0 Å². The van der Waals surface area contributed by atoms with Crippen molar-refractivity contribution >= 4 is 21.8 Å². The molecule has 2 aromatic rings. The molecule has 9 heteroatoms. The van der Waals surface area contributed by atoms with E-state index in [2.05, 4.69) is 10.6 Å². The van der Waals surface area contributed by atoms with Gasteiger partial charge in [0.1, 0.15) is 5.75 Å². The zero-order valence-corrected chi connectivity index (χ0v) is 20.8. The topological polar surface area (TPSA) is 105 Å². The van der Waals surface area contributed by atoms with E-state index in [9.17, 15) is 18.0 Å². The summed E-state index contributed by atoms with van der Waals surface area (Å²) in [5.74, 6) is -0.852. The molecule has 0 unspecified atom stereocenters. The van der Waals surface area contributed by atoms with E-state index in [1.54, 1.807) is 30.5 Å². The molecule has 184 valence electrons. The minimum absolute atomic E-state index is 0.167. The van der Waals surface area contributed by atoms with Crippen LogP contribution in [0.2, 0.25) is 0 Å². The number of carbonyl (C=O) groups excluding carboxylic acids is 2. The molecule has 0 bridgehead atoms. The summed E-state index contributed by atoms with van der Waals surface area (Å²) < 4.78 is 33.6. The van der Waals surface area contributed by atoms with Gasteiger partial charge >= 0.3 is 11.8 Å². The molecule has 1 atom stereocenters. The van der Waals surface area contributed by atoms with Gasteiger partial charge in [-0.25, -0.2) is 8.42 Å². The molecular formula is C25H33N3O5S. The Hall–Kier alpha value is -2.91. The van der Waals surface area contributed by atoms with Crippen LogP contribution in [0.4, 0.5) is 0 Å². The second-order valence-corrected chi connectivity index (χ2v) is 10.4. The van der Waals surface area contributed by atoms with Crippen LogP contribution >= 0.6 is 0 Å². The molecule has 0 aromatic heterocycles. The van der Waals surface area contributed by atoms with Crippen molar-refractivity contribution in [2.45, 2.75) is 57.0 Å². The first-order chi connectivity index (χ1) is 16.2. The SMILES string of the molecule is COc1ccccc1CNC(=O)C(=O)NCC[C@H]1CCCCN1S(=O)(=O)c1cc(C)ccc1C. The number of methoxy groups -OCH3 is 1. The molecule has 1 saturated heterocycles. The Bertz CT molecular complexity index is 1130. The van der Waals surface area contributed by atoms with Crippen molar-refractivity contribution in [3.8, 4) is 5.75 Å². The molecular weight excluding hydrogens is 454 g/mol. The maximum atomic E-state index is 13.4. The first kappa shape index (κ1) is 25.7. The highest BCUT2D eigenvalue weighted by Crippen LogP contribution is 2.29. The Morgan fingerprint density at radius 3 is 2.56 bits per heavy atom. The first-order valence-corrected chi connectivity index (χ1v) is 12.9. The standard InChI is InChI=1S/C25H33N3O5S/c1-18-11-12-19(2)23(16-18)34(31,32)28-15-7-6-9-21(28)13-14-26-24(29)25(30)27-17-20-8-4-5-10-22(20)33-3/h4-5,8,10-12,16,21H,6-7,9,13-15,17H2,1-3H3,(H,26,29)(H,27,30)/t21-/m1/s1.